The van der Waals surface area contributed by atoms with Crippen LogP contribution >= 0.6 is 0 Å². The van der Waals surface area contributed by atoms with E-state index in [1.165, 1.54) is 17.8 Å². The molecule has 122 valence electrons. The second-order valence-electron chi connectivity index (χ2n) is 7.06. The average Bonchev–Trinajstić information content (AvgIpc) is 2.92. The second kappa shape index (κ2) is 5.80. The summed E-state index contributed by atoms with van der Waals surface area (Å²) in [6.45, 7) is 6.36. The Morgan fingerprint density at radius 3 is 2.87 bits per heavy atom. The fourth-order valence-electron chi connectivity index (χ4n) is 3.16. The van der Waals surface area contributed by atoms with Crippen LogP contribution in [0.15, 0.2) is 30.5 Å². The maximum absolute atomic E-state index is 13.3. The molecule has 1 aliphatic carbocycles. The zero-order chi connectivity index (χ0) is 16.6. The van der Waals surface area contributed by atoms with E-state index in [-0.39, 0.29) is 17.5 Å². The minimum absolute atomic E-state index is 0.0642. The fraction of sp³-hybridized carbons (Fsp3) is 0.444. The van der Waals surface area contributed by atoms with Crippen molar-refractivity contribution in [1.29, 1.82) is 0 Å². The first-order chi connectivity index (χ1) is 10.9. The Morgan fingerprint density at radius 2 is 2.17 bits per heavy atom. The Kier molecular flexibility index (Phi) is 3.96. The van der Waals surface area contributed by atoms with Gasteiger partial charge in [-0.3, -0.25) is 9.48 Å². The molecule has 5 heteroatoms. The van der Waals surface area contributed by atoms with Crippen LogP contribution in [0.1, 0.15) is 61.3 Å². The van der Waals surface area contributed by atoms with Crippen LogP contribution in [0.3, 0.4) is 0 Å². The van der Waals surface area contributed by atoms with E-state index >= 15 is 0 Å². The van der Waals surface area contributed by atoms with Crippen molar-refractivity contribution in [3.05, 3.63) is 53.1 Å². The number of aromatic nitrogens is 2. The van der Waals surface area contributed by atoms with Crippen molar-refractivity contribution < 1.29 is 9.18 Å². The molecular weight excluding hydrogens is 293 g/mol. The van der Waals surface area contributed by atoms with Crippen molar-refractivity contribution in [2.24, 2.45) is 0 Å². The molecule has 1 aliphatic rings. The number of benzene rings is 1. The van der Waals surface area contributed by atoms with Crippen molar-refractivity contribution in [1.82, 2.24) is 15.1 Å². The summed E-state index contributed by atoms with van der Waals surface area (Å²) >= 11 is 0. The molecule has 0 fully saturated rings. The van der Waals surface area contributed by atoms with E-state index in [2.05, 4.69) is 31.2 Å². The number of amides is 1. The van der Waals surface area contributed by atoms with Crippen LogP contribution in [-0.4, -0.2) is 15.7 Å². The Hall–Kier alpha value is -2.17. The largest absolute Gasteiger partial charge is 0.345 e. The molecule has 4 nitrogen and oxygen atoms in total. The van der Waals surface area contributed by atoms with Gasteiger partial charge in [-0.25, -0.2) is 4.39 Å². The van der Waals surface area contributed by atoms with Gasteiger partial charge in [0.25, 0.3) is 5.91 Å². The molecule has 0 unspecified atom stereocenters. The van der Waals surface area contributed by atoms with Gasteiger partial charge in [0.15, 0.2) is 0 Å². The third-order valence-electron chi connectivity index (χ3n) is 4.21. The number of carbonyl (C=O) groups is 1. The lowest BCUT2D eigenvalue weighted by Crippen LogP contribution is -2.32. The lowest BCUT2D eigenvalue weighted by molar-refractivity contribution is 0.0932. The molecule has 0 bridgehead atoms. The summed E-state index contributed by atoms with van der Waals surface area (Å²) in [6, 6.07) is 5.71. The third kappa shape index (κ3) is 3.14. The summed E-state index contributed by atoms with van der Waals surface area (Å²) in [5.41, 5.74) is 2.53. The SMILES string of the molecule is CC(C)(C)n1ncc2c1CCC[C@@H]2NC(=O)c1cccc(F)c1. The number of halogens is 1. The molecule has 1 aromatic carbocycles. The predicted molar refractivity (Wildman–Crippen MR) is 86.8 cm³/mol. The van der Waals surface area contributed by atoms with Gasteiger partial charge in [0.05, 0.1) is 17.8 Å². The zero-order valence-corrected chi connectivity index (χ0v) is 13.8. The summed E-state index contributed by atoms with van der Waals surface area (Å²) in [5, 5.41) is 7.54. The number of fused-ring (bicyclic) bond motifs is 1. The highest BCUT2D eigenvalue weighted by Gasteiger charge is 2.29. The molecular formula is C18H22FN3O. The number of hydrogen-bond acceptors (Lipinski definition) is 2. The van der Waals surface area contributed by atoms with Crippen molar-refractivity contribution in [2.45, 2.75) is 51.6 Å². The zero-order valence-electron chi connectivity index (χ0n) is 13.8. The second-order valence-corrected chi connectivity index (χ2v) is 7.06. The molecule has 23 heavy (non-hydrogen) atoms. The third-order valence-corrected chi connectivity index (χ3v) is 4.21. The molecule has 2 aromatic rings. The van der Waals surface area contributed by atoms with Crippen LogP contribution in [-0.2, 0) is 12.0 Å². The van der Waals surface area contributed by atoms with Crippen LogP contribution in [0, 0.1) is 5.82 Å². The van der Waals surface area contributed by atoms with Gasteiger partial charge < -0.3 is 5.32 Å². The van der Waals surface area contributed by atoms with Crippen LogP contribution in [0.25, 0.3) is 0 Å². The van der Waals surface area contributed by atoms with Gasteiger partial charge in [-0.2, -0.15) is 5.10 Å². The van der Waals surface area contributed by atoms with Gasteiger partial charge >= 0.3 is 0 Å². The van der Waals surface area contributed by atoms with Crippen molar-refractivity contribution in [2.75, 3.05) is 0 Å². The molecule has 0 saturated heterocycles. The highest BCUT2D eigenvalue weighted by molar-refractivity contribution is 5.94. The molecule has 0 saturated carbocycles. The van der Waals surface area contributed by atoms with E-state index < -0.39 is 5.82 Å². The number of nitrogens with one attached hydrogen (secondary N) is 1. The molecule has 0 aliphatic heterocycles. The normalized spacial score (nSPS) is 17.7. The smallest absolute Gasteiger partial charge is 0.251 e. The summed E-state index contributed by atoms with van der Waals surface area (Å²) in [5.74, 6) is -0.645. The van der Waals surface area contributed by atoms with Gasteiger partial charge in [0, 0.05) is 16.8 Å². The topological polar surface area (TPSA) is 46.9 Å². The Bertz CT molecular complexity index is 730. The molecule has 0 spiro atoms. The van der Waals surface area contributed by atoms with Crippen molar-refractivity contribution in [3.8, 4) is 0 Å². The van der Waals surface area contributed by atoms with Gasteiger partial charge in [-0.05, 0) is 58.2 Å². The number of nitrogens with zero attached hydrogens (tertiary/aromatic N) is 2. The van der Waals surface area contributed by atoms with Gasteiger partial charge in [-0.15, -0.1) is 0 Å². The highest BCUT2D eigenvalue weighted by Crippen LogP contribution is 2.32. The molecule has 0 radical (unpaired) electrons. The summed E-state index contributed by atoms with van der Waals surface area (Å²) < 4.78 is 15.3. The summed E-state index contributed by atoms with van der Waals surface area (Å²) in [7, 11) is 0. The Morgan fingerprint density at radius 1 is 1.39 bits per heavy atom. The maximum Gasteiger partial charge on any atom is 0.251 e. The first-order valence-electron chi connectivity index (χ1n) is 8.00. The molecule has 1 amide bonds. The van der Waals surface area contributed by atoms with E-state index in [4.69, 9.17) is 0 Å². The quantitative estimate of drug-likeness (QED) is 0.920. The van der Waals surface area contributed by atoms with Crippen molar-refractivity contribution >= 4 is 5.91 Å². The minimum Gasteiger partial charge on any atom is -0.345 e. The highest BCUT2D eigenvalue weighted by atomic mass is 19.1. The Labute approximate surface area is 135 Å². The Balaban J connectivity index is 1.84. The number of hydrogen-bond donors (Lipinski definition) is 1. The van der Waals surface area contributed by atoms with E-state index in [1.54, 1.807) is 12.1 Å². The maximum atomic E-state index is 13.3. The molecule has 1 aromatic heterocycles. The average molecular weight is 315 g/mol. The van der Waals surface area contributed by atoms with E-state index in [9.17, 15) is 9.18 Å². The standard InChI is InChI=1S/C18H22FN3O/c1-18(2,3)22-16-9-5-8-15(14(16)11-20-22)21-17(23)12-6-4-7-13(19)10-12/h4,6-7,10-11,15H,5,8-9H2,1-3H3,(H,21,23)/t15-/m0/s1. The van der Waals surface area contributed by atoms with E-state index in [0.29, 0.717) is 5.56 Å². The summed E-state index contributed by atoms with van der Waals surface area (Å²) in [6.07, 6.45) is 4.71. The van der Waals surface area contributed by atoms with Crippen LogP contribution < -0.4 is 5.32 Å². The van der Waals surface area contributed by atoms with Crippen molar-refractivity contribution in [3.63, 3.8) is 0 Å². The predicted octanol–water partition coefficient (Wildman–Crippen LogP) is 3.58. The first kappa shape index (κ1) is 15.7. The minimum atomic E-state index is -0.400. The number of carbonyl (C=O) groups excluding carboxylic acids is 1. The van der Waals surface area contributed by atoms with Gasteiger partial charge in [0.1, 0.15) is 5.82 Å². The first-order valence-corrected chi connectivity index (χ1v) is 8.00. The monoisotopic (exact) mass is 315 g/mol. The molecule has 1 heterocycles. The summed E-state index contributed by atoms with van der Waals surface area (Å²) in [4.78, 5) is 12.4. The fourth-order valence-corrected chi connectivity index (χ4v) is 3.16. The van der Waals surface area contributed by atoms with E-state index in [0.717, 1.165) is 24.8 Å². The van der Waals surface area contributed by atoms with Crippen LogP contribution in [0.2, 0.25) is 0 Å². The van der Waals surface area contributed by atoms with Gasteiger partial charge in [0.2, 0.25) is 0 Å². The lowest BCUT2D eigenvalue weighted by Gasteiger charge is -2.28. The molecule has 1 N–H and O–H groups in total. The van der Waals surface area contributed by atoms with Crippen LogP contribution in [0.4, 0.5) is 4.39 Å². The molecule has 1 atom stereocenters. The van der Waals surface area contributed by atoms with E-state index in [1.807, 2.05) is 10.9 Å². The number of rotatable bonds is 2. The van der Waals surface area contributed by atoms with Gasteiger partial charge in [-0.1, -0.05) is 6.07 Å². The van der Waals surface area contributed by atoms with Crippen LogP contribution in [0.5, 0.6) is 0 Å². The lowest BCUT2D eigenvalue weighted by atomic mass is 9.92. The molecule has 3 rings (SSSR count).